The van der Waals surface area contributed by atoms with Crippen LogP contribution in [0.15, 0.2) is 82.8 Å². The molecule has 0 saturated carbocycles. The molecule has 3 aliphatic heterocycles. The van der Waals surface area contributed by atoms with Crippen molar-refractivity contribution in [2.24, 2.45) is 11.8 Å². The summed E-state index contributed by atoms with van der Waals surface area (Å²) in [6, 6.07) is 21.1. The number of rotatable bonds is 9. The van der Waals surface area contributed by atoms with E-state index in [0.29, 0.717) is 28.3 Å². The van der Waals surface area contributed by atoms with E-state index in [2.05, 4.69) is 28.1 Å². The first kappa shape index (κ1) is 51.3. The number of hydrogen-bond acceptors (Lipinski definition) is 6. The number of aliphatic hydroxyl groups excluding tert-OH is 1. The third-order valence-corrected chi connectivity index (χ3v) is 10.7. The van der Waals surface area contributed by atoms with Gasteiger partial charge in [-0.15, -0.1) is 23.8 Å². The van der Waals surface area contributed by atoms with Crippen molar-refractivity contribution < 1.29 is 84.3 Å². The maximum Gasteiger partial charge on any atom is 0.338 e. The van der Waals surface area contributed by atoms with E-state index < -0.39 is 17.6 Å². The van der Waals surface area contributed by atoms with Crippen LogP contribution in [-0.4, -0.2) is 61.6 Å². The number of ether oxygens (including phenoxy) is 3. The summed E-state index contributed by atoms with van der Waals surface area (Å²) < 4.78 is 68.0. The average molecular weight is 974 g/mol. The second-order valence-corrected chi connectivity index (χ2v) is 15.4. The molecule has 0 bridgehead atoms. The van der Waals surface area contributed by atoms with E-state index in [-0.39, 0.29) is 67.9 Å². The molecule has 4 aromatic rings. The zero-order valence-electron chi connectivity index (χ0n) is 33.9. The number of benzene rings is 4. The van der Waals surface area contributed by atoms with Gasteiger partial charge in [0.2, 0.25) is 0 Å². The maximum absolute atomic E-state index is 13.5. The van der Waals surface area contributed by atoms with Crippen LogP contribution in [0.25, 0.3) is 6.08 Å². The quantitative estimate of drug-likeness (QED) is 0.0978. The van der Waals surface area contributed by atoms with Crippen molar-refractivity contribution in [1.29, 1.82) is 0 Å². The van der Waals surface area contributed by atoms with Crippen LogP contribution in [0.4, 0.5) is 17.6 Å². The van der Waals surface area contributed by atoms with Gasteiger partial charge in [-0.1, -0.05) is 30.7 Å². The van der Waals surface area contributed by atoms with E-state index in [9.17, 15) is 27.2 Å². The number of halogens is 5. The third kappa shape index (κ3) is 18.1. The van der Waals surface area contributed by atoms with Gasteiger partial charge in [-0.05, 0) is 132 Å². The second kappa shape index (κ2) is 27.8. The molecule has 0 amide bonds. The number of carbonyl (C=O) groups is 2. The summed E-state index contributed by atoms with van der Waals surface area (Å²) in [5, 5.41) is 17.4. The van der Waals surface area contributed by atoms with Crippen LogP contribution in [0, 0.1) is 41.2 Å². The minimum absolute atomic E-state index is 0. The Hall–Kier alpha value is -3.10. The fourth-order valence-electron chi connectivity index (χ4n) is 6.69. The van der Waals surface area contributed by atoms with Gasteiger partial charge in [-0.25, -0.2) is 22.4 Å². The first-order valence-corrected chi connectivity index (χ1v) is 20.7. The molecular formula is C47H52BrF4O7Y-. The molecule has 0 aromatic heterocycles. The van der Waals surface area contributed by atoms with E-state index in [1.54, 1.807) is 49.4 Å². The van der Waals surface area contributed by atoms with Gasteiger partial charge >= 0.3 is 5.97 Å². The van der Waals surface area contributed by atoms with Gasteiger partial charge in [0.25, 0.3) is 0 Å². The van der Waals surface area contributed by atoms with Gasteiger partial charge in [0.05, 0.1) is 35.4 Å². The monoisotopic (exact) mass is 972 g/mol. The number of Topliss-reactive ketones (excluding diaryl/α,β-unsaturated/α-hetero) is 1. The Labute approximate surface area is 383 Å². The molecule has 2 N–H and O–H groups in total. The summed E-state index contributed by atoms with van der Waals surface area (Å²) >= 11 is 3.00. The summed E-state index contributed by atoms with van der Waals surface area (Å²) in [5.74, 6) is -1.93. The Balaban J connectivity index is 0.000000217. The molecule has 3 fully saturated rings. The van der Waals surface area contributed by atoms with Gasteiger partial charge in [0, 0.05) is 71.4 Å². The van der Waals surface area contributed by atoms with E-state index in [1.165, 1.54) is 35.9 Å². The SMILES string of the molecule is CCC(=O)c1cc(CC2CCOCC2)ccc1F.Fc1[c-]cc(C=C2CCOCC2)cc1.O=C(O)c1cc(CC2CCOCC2)ccc1F.OCc1ccc(F)c(Br)c1.[Y]. The van der Waals surface area contributed by atoms with Crippen molar-refractivity contribution in [2.75, 3.05) is 39.6 Å². The van der Waals surface area contributed by atoms with Gasteiger partial charge < -0.3 is 24.4 Å². The molecule has 3 aliphatic rings. The van der Waals surface area contributed by atoms with E-state index in [4.69, 9.17) is 24.4 Å². The van der Waals surface area contributed by atoms with Crippen molar-refractivity contribution in [1.82, 2.24) is 0 Å². The molecule has 321 valence electrons. The number of ketones is 1. The van der Waals surface area contributed by atoms with E-state index >= 15 is 0 Å². The van der Waals surface area contributed by atoms with Crippen LogP contribution in [0.5, 0.6) is 0 Å². The van der Waals surface area contributed by atoms with E-state index in [0.717, 1.165) is 108 Å². The second-order valence-electron chi connectivity index (χ2n) is 14.5. The summed E-state index contributed by atoms with van der Waals surface area (Å²) in [6.45, 7) is 6.45. The summed E-state index contributed by atoms with van der Waals surface area (Å²) in [5.41, 5.74) is 5.03. The summed E-state index contributed by atoms with van der Waals surface area (Å²) in [4.78, 5) is 22.4. The average Bonchev–Trinajstić information content (AvgIpc) is 3.25. The Morgan fingerprint density at radius 1 is 0.717 bits per heavy atom. The maximum atomic E-state index is 13.5. The summed E-state index contributed by atoms with van der Waals surface area (Å²) in [7, 11) is 0. The number of hydrogen-bond donors (Lipinski definition) is 2. The van der Waals surface area contributed by atoms with Crippen LogP contribution in [0.2, 0.25) is 0 Å². The number of aromatic carboxylic acids is 1. The molecule has 3 heterocycles. The van der Waals surface area contributed by atoms with E-state index in [1.807, 2.05) is 0 Å². The topological polar surface area (TPSA) is 102 Å². The van der Waals surface area contributed by atoms with Crippen molar-refractivity contribution in [3.8, 4) is 0 Å². The molecule has 13 heteroatoms. The van der Waals surface area contributed by atoms with Crippen molar-refractivity contribution >= 4 is 33.8 Å². The molecule has 0 unspecified atom stereocenters. The number of carboxylic acid groups (broad SMARTS) is 1. The van der Waals surface area contributed by atoms with Gasteiger partial charge in [-0.3, -0.25) is 4.79 Å². The fraction of sp³-hybridized carbons (Fsp3) is 0.404. The van der Waals surface area contributed by atoms with Gasteiger partial charge in [-0.2, -0.15) is 12.1 Å². The summed E-state index contributed by atoms with van der Waals surface area (Å²) in [6.07, 6.45) is 10.2. The molecule has 60 heavy (non-hydrogen) atoms. The molecule has 1 radical (unpaired) electrons. The predicted octanol–water partition coefficient (Wildman–Crippen LogP) is 10.8. The molecule has 0 aliphatic carbocycles. The molecule has 4 aromatic carbocycles. The minimum atomic E-state index is -1.21. The third-order valence-electron chi connectivity index (χ3n) is 10.1. The van der Waals surface area contributed by atoms with Gasteiger partial charge in [0.15, 0.2) is 5.78 Å². The molecule has 0 spiro atoms. The minimum Gasteiger partial charge on any atom is -0.478 e. The molecule has 7 rings (SSSR count). The smallest absolute Gasteiger partial charge is 0.338 e. The zero-order chi connectivity index (χ0) is 42.6. The Bertz CT molecular complexity index is 1960. The van der Waals surface area contributed by atoms with Crippen LogP contribution < -0.4 is 0 Å². The van der Waals surface area contributed by atoms with Crippen LogP contribution in [0.3, 0.4) is 0 Å². The Morgan fingerprint density at radius 3 is 1.70 bits per heavy atom. The van der Waals surface area contributed by atoms with Crippen molar-refractivity contribution in [2.45, 2.75) is 71.3 Å². The predicted molar refractivity (Wildman–Crippen MR) is 222 cm³/mol. The molecule has 7 nitrogen and oxygen atoms in total. The Morgan fingerprint density at radius 2 is 1.22 bits per heavy atom. The largest absolute Gasteiger partial charge is 0.478 e. The molecule has 3 saturated heterocycles. The Kier molecular flexibility index (Phi) is 23.7. The molecule has 0 atom stereocenters. The number of carbonyl (C=O) groups excluding carboxylic acids is 1. The fourth-order valence-corrected chi connectivity index (χ4v) is 7.12. The number of aliphatic hydroxyl groups is 1. The van der Waals surface area contributed by atoms with Crippen LogP contribution in [-0.2, 0) is 66.4 Å². The van der Waals surface area contributed by atoms with Crippen molar-refractivity contribution in [3.63, 3.8) is 0 Å². The standard InChI is InChI=1S/C15H19FO2.C13H15FO3.C12H12FO.C7H6BrFO.Y/c1-2-15(17)13-10-12(3-4-14(13)16)9-11-5-7-18-8-6-11;14-12-2-1-10(8-11(12)13(15)16)7-9-3-5-17-6-4-9;13-12-3-1-10(2-4-12)9-11-5-7-14-8-6-11;8-6-3-5(4-10)1-2-7(6)9;/h3-4,10-11H,2,5-9H2,1H3;1-2,8-9H,3-7H2,(H,15,16);1-3,9H,5-8H2;1-3,10H,4H2;/q;;-1;;. The normalized spacial score (nSPS) is 15.4. The first-order chi connectivity index (χ1) is 28.4. The molecular weight excluding hydrogens is 921 g/mol. The number of carboxylic acids is 1. The first-order valence-electron chi connectivity index (χ1n) is 19.9. The van der Waals surface area contributed by atoms with Crippen molar-refractivity contribution in [3.05, 3.63) is 146 Å². The van der Waals surface area contributed by atoms with Gasteiger partial charge in [0.1, 0.15) is 17.5 Å². The zero-order valence-corrected chi connectivity index (χ0v) is 38.3. The van der Waals surface area contributed by atoms with Crippen LogP contribution in [0.1, 0.15) is 94.8 Å². The van der Waals surface area contributed by atoms with Crippen LogP contribution >= 0.6 is 15.9 Å².